The van der Waals surface area contributed by atoms with E-state index in [1.165, 1.54) is 11.1 Å². The van der Waals surface area contributed by atoms with Gasteiger partial charge < -0.3 is 0 Å². The molecule has 0 bridgehead atoms. The molecule has 1 aromatic heterocycles. The first kappa shape index (κ1) is 8.52. The van der Waals surface area contributed by atoms with Gasteiger partial charge in [0.2, 0.25) is 0 Å². The van der Waals surface area contributed by atoms with Gasteiger partial charge in [0, 0.05) is 6.20 Å². The van der Waals surface area contributed by atoms with Crippen molar-refractivity contribution in [1.29, 1.82) is 0 Å². The van der Waals surface area contributed by atoms with Crippen molar-refractivity contribution in [2.75, 3.05) is 0 Å². The number of hydrogen-bond acceptors (Lipinski definition) is 1. The number of aromatic nitrogens is 1. The van der Waals surface area contributed by atoms with E-state index in [0.717, 1.165) is 0 Å². The van der Waals surface area contributed by atoms with Crippen LogP contribution in [0.3, 0.4) is 0 Å². The van der Waals surface area contributed by atoms with Crippen molar-refractivity contribution in [3.05, 3.63) is 54.4 Å². The zero-order chi connectivity index (χ0) is 9.80. The Balaban J connectivity index is 0.000000110. The molecule has 0 atom stereocenters. The Bertz CT molecular complexity index is 449. The molecular formula is C13H9N. The third-order valence-electron chi connectivity index (χ3n) is 1.93. The number of pyridine rings is 1. The van der Waals surface area contributed by atoms with Crippen LogP contribution in [0.25, 0.3) is 11.1 Å². The zero-order valence-electron chi connectivity index (χ0n) is 7.64. The Morgan fingerprint density at radius 1 is 1.00 bits per heavy atom. The fraction of sp³-hybridized carbons (Fsp3) is 0. The van der Waals surface area contributed by atoms with E-state index in [4.69, 9.17) is 6.42 Å². The summed E-state index contributed by atoms with van der Waals surface area (Å²) in [5.74, 6) is 2.42. The molecule has 1 heterocycles. The normalized spacial score (nSPS) is 9.36. The van der Waals surface area contributed by atoms with Crippen LogP contribution in [-0.4, -0.2) is 4.98 Å². The first-order chi connectivity index (χ1) is 6.90. The molecule has 0 N–H and O–H groups in total. The van der Waals surface area contributed by atoms with Crippen LogP contribution in [0, 0.1) is 12.3 Å². The topological polar surface area (TPSA) is 12.9 Å². The number of terminal acetylenes is 1. The predicted octanol–water partition coefficient (Wildman–Crippen LogP) is 2.73. The Labute approximate surface area is 83.4 Å². The molecule has 0 amide bonds. The maximum absolute atomic E-state index is 5.04. The Hall–Kier alpha value is -2.07. The third kappa shape index (κ3) is 1.99. The summed E-state index contributed by atoms with van der Waals surface area (Å²) in [4.78, 5) is 3.86. The van der Waals surface area contributed by atoms with Gasteiger partial charge in [0.05, 0.1) is 0 Å². The van der Waals surface area contributed by atoms with Crippen LogP contribution in [0.5, 0.6) is 0 Å². The van der Waals surface area contributed by atoms with Crippen molar-refractivity contribution in [3.8, 4) is 23.5 Å². The maximum Gasteiger partial charge on any atom is 0.112 e. The molecule has 3 rings (SSSR count). The van der Waals surface area contributed by atoms with Gasteiger partial charge in [-0.2, -0.15) is 0 Å². The highest BCUT2D eigenvalue weighted by Crippen LogP contribution is 2.32. The summed E-state index contributed by atoms with van der Waals surface area (Å²) in [6, 6.07) is 14.0. The highest BCUT2D eigenvalue weighted by atomic mass is 14.6. The number of rotatable bonds is 0. The molecule has 0 spiro atoms. The highest BCUT2D eigenvalue weighted by Gasteiger charge is 2.06. The second-order valence-electron chi connectivity index (χ2n) is 2.94. The lowest BCUT2D eigenvalue weighted by molar-refractivity contribution is 1.29. The van der Waals surface area contributed by atoms with Gasteiger partial charge in [-0.25, -0.2) is 4.98 Å². The summed E-state index contributed by atoms with van der Waals surface area (Å²) >= 11 is 0. The van der Waals surface area contributed by atoms with Crippen molar-refractivity contribution in [1.82, 2.24) is 4.98 Å². The summed E-state index contributed by atoms with van der Waals surface area (Å²) < 4.78 is 0. The minimum atomic E-state index is 0.688. The Morgan fingerprint density at radius 2 is 1.79 bits per heavy atom. The molecule has 1 heteroatoms. The van der Waals surface area contributed by atoms with Crippen molar-refractivity contribution in [2.45, 2.75) is 0 Å². The summed E-state index contributed by atoms with van der Waals surface area (Å²) in [5.41, 5.74) is 3.54. The molecule has 2 aliphatic rings. The van der Waals surface area contributed by atoms with E-state index in [-0.39, 0.29) is 0 Å². The number of nitrogens with zero attached hydrogens (tertiary/aromatic N) is 1. The molecule has 1 aromatic rings. The highest BCUT2D eigenvalue weighted by molar-refractivity contribution is 5.80. The van der Waals surface area contributed by atoms with E-state index < -0.39 is 0 Å². The maximum atomic E-state index is 5.04. The summed E-state index contributed by atoms with van der Waals surface area (Å²) in [7, 11) is 0. The first-order valence-electron chi connectivity index (χ1n) is 4.38. The predicted molar refractivity (Wildman–Crippen MR) is 57.6 cm³/mol. The van der Waals surface area contributed by atoms with Crippen molar-refractivity contribution in [3.63, 3.8) is 0 Å². The van der Waals surface area contributed by atoms with Crippen LogP contribution >= 0.6 is 0 Å². The monoisotopic (exact) mass is 179 g/mol. The zero-order valence-corrected chi connectivity index (χ0v) is 7.64. The second-order valence-corrected chi connectivity index (χ2v) is 2.94. The van der Waals surface area contributed by atoms with E-state index in [0.29, 0.717) is 5.69 Å². The summed E-state index contributed by atoms with van der Waals surface area (Å²) in [6.07, 6.45) is 6.71. The largest absolute Gasteiger partial charge is 0.248 e. The molecule has 0 aromatic carbocycles. The van der Waals surface area contributed by atoms with Crippen LogP contribution < -0.4 is 0 Å². The molecule has 0 saturated carbocycles. The van der Waals surface area contributed by atoms with Crippen molar-refractivity contribution < 1.29 is 0 Å². The smallest absolute Gasteiger partial charge is 0.112 e. The second kappa shape index (κ2) is 3.76. The van der Waals surface area contributed by atoms with Crippen LogP contribution in [0.2, 0.25) is 0 Å². The van der Waals surface area contributed by atoms with Crippen molar-refractivity contribution in [2.24, 2.45) is 0 Å². The summed E-state index contributed by atoms with van der Waals surface area (Å²) in [5, 5.41) is 0. The fourth-order valence-electron chi connectivity index (χ4n) is 1.12. The van der Waals surface area contributed by atoms with Gasteiger partial charge in [0.25, 0.3) is 0 Å². The SMILES string of the molecule is C#Cc1ccccn1.c1cc2cc-2c1. The van der Waals surface area contributed by atoms with Crippen LogP contribution in [0.4, 0.5) is 0 Å². The van der Waals surface area contributed by atoms with Gasteiger partial charge in [-0.1, -0.05) is 30.2 Å². The number of hydrogen-bond donors (Lipinski definition) is 0. The average molecular weight is 179 g/mol. The first-order valence-corrected chi connectivity index (χ1v) is 4.38. The standard InChI is InChI=1S/C7H5N.C6H4/c1-2-7-5-3-4-6-8-7;1-2-5-4-6(5)3-1/h1,3-6H;1-4H. The molecular weight excluding hydrogens is 170 g/mol. The van der Waals surface area contributed by atoms with Gasteiger partial charge in [-0.15, -0.1) is 6.42 Å². The number of benzene rings is 1. The van der Waals surface area contributed by atoms with Crippen molar-refractivity contribution >= 4 is 0 Å². The lowest BCUT2D eigenvalue weighted by atomic mass is 10.4. The number of fused-ring (bicyclic) bond motifs is 1. The molecule has 14 heavy (non-hydrogen) atoms. The van der Waals surface area contributed by atoms with E-state index in [2.05, 4.69) is 35.2 Å². The van der Waals surface area contributed by atoms with E-state index in [1.54, 1.807) is 12.3 Å². The van der Waals surface area contributed by atoms with E-state index >= 15 is 0 Å². The Morgan fingerprint density at radius 3 is 2.07 bits per heavy atom. The van der Waals surface area contributed by atoms with Gasteiger partial charge in [-0.3, -0.25) is 0 Å². The molecule has 66 valence electrons. The molecule has 1 nitrogen and oxygen atoms in total. The third-order valence-corrected chi connectivity index (χ3v) is 1.93. The Kier molecular flexibility index (Phi) is 2.29. The quantitative estimate of drug-likeness (QED) is 0.483. The van der Waals surface area contributed by atoms with Crippen LogP contribution in [-0.2, 0) is 0 Å². The molecule has 0 unspecified atom stereocenters. The van der Waals surface area contributed by atoms with Crippen LogP contribution in [0.1, 0.15) is 5.69 Å². The lowest BCUT2D eigenvalue weighted by Crippen LogP contribution is -1.75. The molecule has 0 aliphatic heterocycles. The average Bonchev–Trinajstić information content (AvgIpc) is 2.88. The minimum Gasteiger partial charge on any atom is -0.248 e. The summed E-state index contributed by atoms with van der Waals surface area (Å²) in [6.45, 7) is 0. The molecule has 0 fully saturated rings. The van der Waals surface area contributed by atoms with Crippen LogP contribution in [0.15, 0.2) is 48.7 Å². The van der Waals surface area contributed by atoms with Gasteiger partial charge in [0.1, 0.15) is 5.69 Å². The molecule has 0 radical (unpaired) electrons. The molecule has 2 aliphatic carbocycles. The molecule has 0 saturated heterocycles. The van der Waals surface area contributed by atoms with Gasteiger partial charge >= 0.3 is 0 Å². The fourth-order valence-corrected chi connectivity index (χ4v) is 1.12. The van der Waals surface area contributed by atoms with E-state index in [9.17, 15) is 0 Å². The van der Waals surface area contributed by atoms with Gasteiger partial charge in [0.15, 0.2) is 0 Å². The van der Waals surface area contributed by atoms with E-state index in [1.807, 2.05) is 12.1 Å². The lowest BCUT2D eigenvalue weighted by Gasteiger charge is -1.81. The van der Waals surface area contributed by atoms with Gasteiger partial charge in [-0.05, 0) is 29.3 Å². The minimum absolute atomic E-state index is 0.688.